The molecule has 0 spiro atoms. The smallest absolute Gasteiger partial charge is 0.241 e. The van der Waals surface area contributed by atoms with E-state index < -0.39 is 5.92 Å². The minimum Gasteiger partial charge on any atom is -0.457 e. The quantitative estimate of drug-likeness (QED) is 0.254. The largest absolute Gasteiger partial charge is 0.457 e. The monoisotopic (exact) mass is 527 g/mol. The highest BCUT2D eigenvalue weighted by atomic mass is 79.9. The number of anilines is 1. The van der Waals surface area contributed by atoms with Gasteiger partial charge in [-0.15, -0.1) is 0 Å². The molecule has 0 unspecified atom stereocenters. The van der Waals surface area contributed by atoms with E-state index in [9.17, 15) is 4.79 Å². The van der Waals surface area contributed by atoms with Crippen LogP contribution < -0.4 is 9.64 Å². The zero-order valence-electron chi connectivity index (χ0n) is 17.9. The lowest BCUT2D eigenvalue weighted by molar-refractivity contribution is -0.119. The van der Waals surface area contributed by atoms with Crippen LogP contribution in [0.5, 0.6) is 11.5 Å². The van der Waals surface area contributed by atoms with Gasteiger partial charge in [-0.1, -0.05) is 69.7 Å². The van der Waals surface area contributed by atoms with Crippen LogP contribution in [0.2, 0.25) is 0 Å². The summed E-state index contributed by atoms with van der Waals surface area (Å²) < 4.78 is 8.11. The second kappa shape index (κ2) is 8.66. The van der Waals surface area contributed by atoms with Crippen molar-refractivity contribution in [3.05, 3.63) is 112 Å². The molecule has 0 saturated heterocycles. The summed E-state index contributed by atoms with van der Waals surface area (Å²) in [6.45, 7) is 0.322. The Kier molecular flexibility index (Phi) is 5.36. The van der Waals surface area contributed by atoms with Gasteiger partial charge in [-0.05, 0) is 42.5 Å². The number of thiazole rings is 1. The number of carbonyl (C=O) groups is 1. The highest BCUT2D eigenvalue weighted by Crippen LogP contribution is 2.45. The Morgan fingerprint density at radius 1 is 0.941 bits per heavy atom. The van der Waals surface area contributed by atoms with Crippen molar-refractivity contribution in [1.82, 2.24) is 9.97 Å². The molecule has 0 aliphatic carbocycles. The van der Waals surface area contributed by atoms with Crippen LogP contribution in [0.3, 0.4) is 0 Å². The second-order valence-electron chi connectivity index (χ2n) is 7.96. The zero-order valence-corrected chi connectivity index (χ0v) is 20.3. The van der Waals surface area contributed by atoms with Gasteiger partial charge < -0.3 is 4.74 Å². The highest BCUT2D eigenvalue weighted by Gasteiger charge is 2.36. The minimum absolute atomic E-state index is 0.0630. The molecule has 5 nitrogen and oxygen atoms in total. The number of hydrogen-bond donors (Lipinski definition) is 0. The number of aromatic nitrogens is 2. The fourth-order valence-electron chi connectivity index (χ4n) is 4.23. The van der Waals surface area contributed by atoms with E-state index in [1.165, 1.54) is 11.3 Å². The lowest BCUT2D eigenvalue weighted by Gasteiger charge is -2.31. The third-order valence-electron chi connectivity index (χ3n) is 5.81. The number of pyridine rings is 1. The van der Waals surface area contributed by atoms with E-state index in [0.717, 1.165) is 31.5 Å². The van der Waals surface area contributed by atoms with Crippen molar-refractivity contribution >= 4 is 48.5 Å². The summed E-state index contributed by atoms with van der Waals surface area (Å²) in [4.78, 5) is 25.4. The van der Waals surface area contributed by atoms with Crippen LogP contribution in [0, 0.1) is 0 Å². The van der Waals surface area contributed by atoms with E-state index in [1.54, 1.807) is 11.1 Å². The first-order chi connectivity index (χ1) is 16.7. The normalized spacial score (nSPS) is 12.6. The first-order valence-electron chi connectivity index (χ1n) is 10.8. The predicted octanol–water partition coefficient (Wildman–Crippen LogP) is 6.92. The molecule has 1 amide bonds. The van der Waals surface area contributed by atoms with Gasteiger partial charge in [0.2, 0.25) is 5.91 Å². The van der Waals surface area contributed by atoms with E-state index in [4.69, 9.17) is 9.72 Å². The van der Waals surface area contributed by atoms with Crippen molar-refractivity contribution in [2.24, 2.45) is 0 Å². The topological polar surface area (TPSA) is 55.3 Å². The maximum atomic E-state index is 14.4. The first-order valence-corrected chi connectivity index (χ1v) is 12.4. The Morgan fingerprint density at radius 2 is 1.65 bits per heavy atom. The van der Waals surface area contributed by atoms with Crippen molar-refractivity contribution in [2.75, 3.05) is 4.90 Å². The van der Waals surface area contributed by atoms with Gasteiger partial charge in [-0.2, -0.15) is 0 Å². The lowest BCUT2D eigenvalue weighted by Crippen LogP contribution is -2.36. The number of para-hydroxylation sites is 2. The van der Waals surface area contributed by atoms with Gasteiger partial charge >= 0.3 is 0 Å². The Hall–Kier alpha value is -3.55. The van der Waals surface area contributed by atoms with E-state index >= 15 is 0 Å². The number of carbonyl (C=O) groups excluding carboxylic acids is 1. The van der Waals surface area contributed by atoms with Crippen LogP contribution in [-0.2, 0) is 11.3 Å². The molecule has 2 aromatic heterocycles. The molecule has 0 bridgehead atoms. The Bertz CT molecular complexity index is 1470. The van der Waals surface area contributed by atoms with Crippen LogP contribution in [0.15, 0.2) is 95.6 Å². The van der Waals surface area contributed by atoms with Crippen molar-refractivity contribution < 1.29 is 9.53 Å². The standard InChI is InChI=1S/C27H18BrN3O2S/c28-17-12-13-21-24(15-17)34-27(30-21)31(16-18-7-5-6-14-29-18)26(32)25-19-8-1-3-10-22(19)33-23-11-4-2-9-20(23)25/h1-15,25H,16H2. The average molecular weight is 528 g/mol. The molecular weight excluding hydrogens is 510 g/mol. The number of halogens is 1. The molecule has 7 heteroatoms. The van der Waals surface area contributed by atoms with Crippen molar-refractivity contribution in [3.63, 3.8) is 0 Å². The zero-order chi connectivity index (χ0) is 23.1. The third-order valence-corrected chi connectivity index (χ3v) is 7.34. The lowest BCUT2D eigenvalue weighted by atomic mass is 9.87. The molecule has 6 rings (SSSR count). The fraction of sp³-hybridized carbons (Fsp3) is 0.0741. The van der Waals surface area contributed by atoms with Crippen LogP contribution >= 0.6 is 27.3 Å². The van der Waals surface area contributed by atoms with Crippen LogP contribution in [0.4, 0.5) is 5.13 Å². The molecule has 1 aliphatic rings. The molecule has 5 aromatic rings. The summed E-state index contributed by atoms with van der Waals surface area (Å²) >= 11 is 5.03. The summed E-state index contributed by atoms with van der Waals surface area (Å²) in [6, 6.07) is 27.1. The van der Waals surface area contributed by atoms with E-state index in [0.29, 0.717) is 23.2 Å². The number of hydrogen-bond acceptors (Lipinski definition) is 5. The van der Waals surface area contributed by atoms with Gasteiger partial charge in [-0.25, -0.2) is 4.98 Å². The molecule has 0 fully saturated rings. The molecule has 1 aliphatic heterocycles. The van der Waals surface area contributed by atoms with Gasteiger partial charge in [-0.3, -0.25) is 14.7 Å². The van der Waals surface area contributed by atoms with Gasteiger partial charge in [0, 0.05) is 21.8 Å². The van der Waals surface area contributed by atoms with Crippen molar-refractivity contribution in [3.8, 4) is 11.5 Å². The number of nitrogens with zero attached hydrogens (tertiary/aromatic N) is 3. The van der Waals surface area contributed by atoms with Crippen molar-refractivity contribution in [2.45, 2.75) is 12.5 Å². The first kappa shape index (κ1) is 21.0. The number of benzene rings is 3. The van der Waals surface area contributed by atoms with Crippen LogP contribution in [-0.4, -0.2) is 15.9 Å². The summed E-state index contributed by atoms with van der Waals surface area (Å²) in [5.41, 5.74) is 3.35. The molecule has 3 aromatic carbocycles. The van der Waals surface area contributed by atoms with Gasteiger partial charge in [0.25, 0.3) is 0 Å². The Labute approximate surface area is 208 Å². The molecule has 0 saturated carbocycles. The number of rotatable bonds is 4. The summed E-state index contributed by atoms with van der Waals surface area (Å²) in [5.74, 6) is 0.826. The SMILES string of the molecule is O=C(C1c2ccccc2Oc2ccccc21)N(Cc1ccccn1)c1nc2ccc(Br)cc2s1. The Balaban J connectivity index is 1.49. The molecule has 0 N–H and O–H groups in total. The van der Waals surface area contributed by atoms with E-state index in [-0.39, 0.29) is 5.91 Å². The van der Waals surface area contributed by atoms with Crippen molar-refractivity contribution in [1.29, 1.82) is 0 Å². The molecular formula is C27H18BrN3O2S. The molecule has 166 valence electrons. The van der Waals surface area contributed by atoms with Gasteiger partial charge in [0.1, 0.15) is 11.5 Å². The number of amides is 1. The summed E-state index contributed by atoms with van der Waals surface area (Å²) in [5, 5.41) is 0.644. The molecule has 3 heterocycles. The average Bonchev–Trinajstić information content (AvgIpc) is 3.29. The van der Waals surface area contributed by atoms with E-state index in [1.807, 2.05) is 84.9 Å². The minimum atomic E-state index is -0.511. The summed E-state index contributed by atoms with van der Waals surface area (Å²) in [7, 11) is 0. The predicted molar refractivity (Wildman–Crippen MR) is 138 cm³/mol. The number of fused-ring (bicyclic) bond motifs is 3. The van der Waals surface area contributed by atoms with Gasteiger partial charge in [0.05, 0.1) is 28.4 Å². The second-order valence-corrected chi connectivity index (χ2v) is 9.89. The van der Waals surface area contributed by atoms with Crippen LogP contribution in [0.25, 0.3) is 10.2 Å². The van der Waals surface area contributed by atoms with E-state index in [2.05, 4.69) is 20.9 Å². The molecule has 0 radical (unpaired) electrons. The fourth-order valence-corrected chi connectivity index (χ4v) is 5.75. The maximum absolute atomic E-state index is 14.4. The number of ether oxygens (including phenoxy) is 1. The highest BCUT2D eigenvalue weighted by molar-refractivity contribution is 9.10. The molecule has 34 heavy (non-hydrogen) atoms. The molecule has 0 atom stereocenters. The third kappa shape index (κ3) is 3.77. The van der Waals surface area contributed by atoms with Gasteiger partial charge in [0.15, 0.2) is 5.13 Å². The van der Waals surface area contributed by atoms with Crippen LogP contribution in [0.1, 0.15) is 22.7 Å². The Morgan fingerprint density at radius 3 is 2.35 bits per heavy atom. The summed E-state index contributed by atoms with van der Waals surface area (Å²) in [6.07, 6.45) is 1.74. The maximum Gasteiger partial charge on any atom is 0.241 e.